The number of halogens is 1. The third kappa shape index (κ3) is 5.25. The van der Waals surface area contributed by atoms with Crippen LogP contribution in [0.3, 0.4) is 0 Å². The molecule has 0 unspecified atom stereocenters. The van der Waals surface area contributed by atoms with Gasteiger partial charge in [0, 0.05) is 19.6 Å². The van der Waals surface area contributed by atoms with Crippen molar-refractivity contribution >= 4 is 22.9 Å². The highest BCUT2D eigenvalue weighted by molar-refractivity contribution is 7.15. The van der Waals surface area contributed by atoms with Crippen molar-refractivity contribution in [2.75, 3.05) is 27.2 Å². The Bertz CT molecular complexity index is 323. The smallest absolute Gasteiger partial charge is 0.113 e. The van der Waals surface area contributed by atoms with Crippen LogP contribution >= 0.6 is 22.9 Å². The highest BCUT2D eigenvalue weighted by Gasteiger charge is 2.18. The molecule has 0 saturated heterocycles. The van der Waals surface area contributed by atoms with E-state index in [1.807, 2.05) is 0 Å². The molecule has 1 aromatic rings. The van der Waals surface area contributed by atoms with Crippen molar-refractivity contribution in [2.24, 2.45) is 5.41 Å². The first-order chi connectivity index (χ1) is 7.39. The number of rotatable bonds is 6. The lowest BCUT2D eigenvalue weighted by Gasteiger charge is -2.28. The number of hydrogen-bond acceptors (Lipinski definition) is 4. The summed E-state index contributed by atoms with van der Waals surface area (Å²) in [6.45, 7) is 7.36. The molecule has 1 N–H and O–H groups in total. The van der Waals surface area contributed by atoms with Crippen LogP contribution in [0, 0.1) is 5.41 Å². The second kappa shape index (κ2) is 5.96. The molecule has 1 heterocycles. The van der Waals surface area contributed by atoms with Crippen LogP contribution in [0.15, 0.2) is 6.20 Å². The van der Waals surface area contributed by atoms with E-state index in [4.69, 9.17) is 11.6 Å². The summed E-state index contributed by atoms with van der Waals surface area (Å²) in [5.74, 6) is 0. The number of aromatic nitrogens is 1. The van der Waals surface area contributed by atoms with Gasteiger partial charge in [-0.2, -0.15) is 0 Å². The summed E-state index contributed by atoms with van der Waals surface area (Å²) in [6.07, 6.45) is 1.70. The van der Waals surface area contributed by atoms with E-state index >= 15 is 0 Å². The number of nitrogens with zero attached hydrogens (tertiary/aromatic N) is 2. The minimum absolute atomic E-state index is 0.268. The zero-order valence-electron chi connectivity index (χ0n) is 10.4. The maximum Gasteiger partial charge on any atom is 0.113 e. The molecule has 92 valence electrons. The quantitative estimate of drug-likeness (QED) is 0.853. The van der Waals surface area contributed by atoms with Gasteiger partial charge in [0.1, 0.15) is 9.34 Å². The molecule has 0 aromatic carbocycles. The SMILES string of the molecule is CN(C)CC(C)(C)CNCc1ncc(Cl)s1. The summed E-state index contributed by atoms with van der Waals surface area (Å²) >= 11 is 7.35. The predicted molar refractivity (Wildman–Crippen MR) is 71.2 cm³/mol. The van der Waals surface area contributed by atoms with E-state index in [2.05, 4.69) is 43.1 Å². The predicted octanol–water partition coefficient (Wildman–Crippen LogP) is 2.47. The van der Waals surface area contributed by atoms with Crippen molar-refractivity contribution in [2.45, 2.75) is 20.4 Å². The van der Waals surface area contributed by atoms with Gasteiger partial charge in [0.25, 0.3) is 0 Å². The first kappa shape index (κ1) is 13.9. The van der Waals surface area contributed by atoms with Crippen molar-refractivity contribution in [3.8, 4) is 0 Å². The fraction of sp³-hybridized carbons (Fsp3) is 0.727. The summed E-state index contributed by atoms with van der Waals surface area (Å²) in [5, 5.41) is 4.47. The van der Waals surface area contributed by atoms with Gasteiger partial charge in [-0.1, -0.05) is 25.4 Å². The van der Waals surface area contributed by atoms with E-state index in [0.29, 0.717) is 0 Å². The Hall–Kier alpha value is -0.160. The standard InChI is InChI=1S/C11H20ClN3S/c1-11(2,8-15(3)4)7-13-6-10-14-5-9(12)16-10/h5,13H,6-8H2,1-4H3. The molecular weight excluding hydrogens is 242 g/mol. The Balaban J connectivity index is 2.29. The molecule has 0 aliphatic carbocycles. The summed E-state index contributed by atoms with van der Waals surface area (Å²) < 4.78 is 0.754. The van der Waals surface area contributed by atoms with Crippen LogP contribution in [0.25, 0.3) is 0 Å². The Morgan fingerprint density at radius 1 is 1.50 bits per heavy atom. The molecule has 0 atom stereocenters. The minimum atomic E-state index is 0.268. The second-order valence-electron chi connectivity index (χ2n) is 5.06. The second-order valence-corrected chi connectivity index (χ2v) is 6.81. The third-order valence-corrected chi connectivity index (χ3v) is 3.26. The molecule has 0 aliphatic rings. The zero-order valence-corrected chi connectivity index (χ0v) is 12.0. The lowest BCUT2D eigenvalue weighted by atomic mass is 9.93. The van der Waals surface area contributed by atoms with Gasteiger partial charge in [0.05, 0.1) is 6.20 Å². The molecule has 0 bridgehead atoms. The number of nitrogens with one attached hydrogen (secondary N) is 1. The highest BCUT2D eigenvalue weighted by atomic mass is 35.5. The molecule has 0 saturated carbocycles. The lowest BCUT2D eigenvalue weighted by Crippen LogP contribution is -2.37. The minimum Gasteiger partial charge on any atom is -0.310 e. The normalized spacial score (nSPS) is 12.4. The molecule has 0 fully saturated rings. The topological polar surface area (TPSA) is 28.2 Å². The maximum atomic E-state index is 5.82. The van der Waals surface area contributed by atoms with Gasteiger partial charge >= 0.3 is 0 Å². The van der Waals surface area contributed by atoms with Crippen LogP contribution < -0.4 is 5.32 Å². The fourth-order valence-corrected chi connectivity index (χ4v) is 2.72. The lowest BCUT2D eigenvalue weighted by molar-refractivity contribution is 0.232. The maximum absolute atomic E-state index is 5.82. The van der Waals surface area contributed by atoms with Gasteiger partial charge < -0.3 is 10.2 Å². The molecule has 5 heteroatoms. The Morgan fingerprint density at radius 3 is 2.69 bits per heavy atom. The van der Waals surface area contributed by atoms with Crippen molar-refractivity contribution in [1.29, 1.82) is 0 Å². The van der Waals surface area contributed by atoms with E-state index < -0.39 is 0 Å². The summed E-state index contributed by atoms with van der Waals surface area (Å²) in [7, 11) is 4.20. The van der Waals surface area contributed by atoms with Gasteiger partial charge in [0.15, 0.2) is 0 Å². The first-order valence-corrected chi connectivity index (χ1v) is 6.54. The molecule has 0 radical (unpaired) electrons. The highest BCUT2D eigenvalue weighted by Crippen LogP contribution is 2.19. The van der Waals surface area contributed by atoms with Crippen LogP contribution in [0.5, 0.6) is 0 Å². The van der Waals surface area contributed by atoms with E-state index in [-0.39, 0.29) is 5.41 Å². The van der Waals surface area contributed by atoms with Gasteiger partial charge in [0.2, 0.25) is 0 Å². The van der Waals surface area contributed by atoms with Gasteiger partial charge in [-0.05, 0) is 19.5 Å². The molecule has 0 spiro atoms. The summed E-state index contributed by atoms with van der Waals surface area (Å²) in [4.78, 5) is 6.42. The summed E-state index contributed by atoms with van der Waals surface area (Å²) in [6, 6.07) is 0. The van der Waals surface area contributed by atoms with Gasteiger partial charge in [-0.15, -0.1) is 11.3 Å². The van der Waals surface area contributed by atoms with Crippen molar-refractivity contribution in [3.63, 3.8) is 0 Å². The molecular formula is C11H20ClN3S. The van der Waals surface area contributed by atoms with Crippen molar-refractivity contribution in [1.82, 2.24) is 15.2 Å². The monoisotopic (exact) mass is 261 g/mol. The molecule has 0 amide bonds. The largest absolute Gasteiger partial charge is 0.310 e. The van der Waals surface area contributed by atoms with Gasteiger partial charge in [-0.25, -0.2) is 4.98 Å². The molecule has 1 aromatic heterocycles. The average molecular weight is 262 g/mol. The van der Waals surface area contributed by atoms with E-state index in [0.717, 1.165) is 29.0 Å². The Morgan fingerprint density at radius 2 is 2.19 bits per heavy atom. The molecule has 0 aliphatic heterocycles. The number of thiazole rings is 1. The summed E-state index contributed by atoms with van der Waals surface area (Å²) in [5.41, 5.74) is 0.268. The van der Waals surface area contributed by atoms with Crippen LogP contribution in [0.4, 0.5) is 0 Å². The zero-order chi connectivity index (χ0) is 12.2. The first-order valence-electron chi connectivity index (χ1n) is 5.35. The van der Waals surface area contributed by atoms with Crippen molar-refractivity contribution < 1.29 is 0 Å². The van der Waals surface area contributed by atoms with Crippen LogP contribution in [0.1, 0.15) is 18.9 Å². The third-order valence-electron chi connectivity index (χ3n) is 2.15. The molecule has 16 heavy (non-hydrogen) atoms. The molecule has 1 rings (SSSR count). The van der Waals surface area contributed by atoms with Crippen LogP contribution in [0.2, 0.25) is 4.34 Å². The fourth-order valence-electron chi connectivity index (χ4n) is 1.79. The van der Waals surface area contributed by atoms with Gasteiger partial charge in [-0.3, -0.25) is 0 Å². The molecule has 3 nitrogen and oxygen atoms in total. The van der Waals surface area contributed by atoms with E-state index in [1.54, 1.807) is 6.20 Å². The van der Waals surface area contributed by atoms with Crippen molar-refractivity contribution in [3.05, 3.63) is 15.5 Å². The average Bonchev–Trinajstić information content (AvgIpc) is 2.48. The van der Waals surface area contributed by atoms with Crippen LogP contribution in [-0.2, 0) is 6.54 Å². The van der Waals surface area contributed by atoms with E-state index in [1.165, 1.54) is 11.3 Å². The van der Waals surface area contributed by atoms with Crippen LogP contribution in [-0.4, -0.2) is 37.1 Å². The van der Waals surface area contributed by atoms with E-state index in [9.17, 15) is 0 Å². The Labute approximate surface area is 107 Å². The Kier molecular flexibility index (Phi) is 5.18. The number of hydrogen-bond donors (Lipinski definition) is 1.